The maximum atomic E-state index is 13.7. The number of fused-ring (bicyclic) bond motifs is 3. The molecule has 27 heavy (non-hydrogen) atoms. The smallest absolute Gasteiger partial charge is 0.224 e. The van der Waals surface area contributed by atoms with E-state index in [1.807, 2.05) is 6.92 Å². The van der Waals surface area contributed by atoms with Crippen LogP contribution in [0.2, 0.25) is 0 Å². The van der Waals surface area contributed by atoms with Gasteiger partial charge in [0.1, 0.15) is 17.3 Å². The Kier molecular flexibility index (Phi) is 5.44. The molecule has 1 aliphatic rings. The van der Waals surface area contributed by atoms with Crippen LogP contribution in [0.3, 0.4) is 0 Å². The largest absolute Gasteiger partial charge is 0.493 e. The zero-order valence-electron chi connectivity index (χ0n) is 14.8. The number of nitrogens with one attached hydrogen (secondary N) is 2. The molecular weight excluding hydrogens is 349 g/mol. The third-order valence-corrected chi connectivity index (χ3v) is 4.28. The molecule has 2 heterocycles. The second-order valence-electron chi connectivity index (χ2n) is 6.18. The summed E-state index contributed by atoms with van der Waals surface area (Å²) in [6, 6.07) is 8.64. The maximum Gasteiger partial charge on any atom is 0.224 e. The van der Waals surface area contributed by atoms with Crippen molar-refractivity contribution in [2.45, 2.75) is 25.8 Å². The molecule has 140 valence electrons. The summed E-state index contributed by atoms with van der Waals surface area (Å²) in [6.45, 7) is 2.27. The number of hydrogen-bond acceptors (Lipinski definition) is 5. The lowest BCUT2D eigenvalue weighted by atomic mass is 10.1. The van der Waals surface area contributed by atoms with E-state index in [0.29, 0.717) is 30.9 Å². The molecule has 3 N–H and O–H groups in total. The molecule has 0 saturated heterocycles. The van der Waals surface area contributed by atoms with Gasteiger partial charge < -0.3 is 14.7 Å². The molecule has 0 saturated carbocycles. The van der Waals surface area contributed by atoms with Crippen LogP contribution in [-0.4, -0.2) is 45.7 Å². The number of aliphatic hydroxyl groups is 1. The Labute approximate surface area is 156 Å². The third kappa shape index (κ3) is 4.11. The van der Waals surface area contributed by atoms with Crippen LogP contribution in [0.4, 0.5) is 10.2 Å². The number of aromatic nitrogens is 1. The predicted octanol–water partition coefficient (Wildman–Crippen LogP) is 3.65. The van der Waals surface area contributed by atoms with Gasteiger partial charge in [-0.25, -0.2) is 9.37 Å². The topological polar surface area (TPSA) is 106 Å². The average Bonchev–Trinajstić information content (AvgIpc) is 2.66. The Hall–Kier alpha value is -3.29. The van der Waals surface area contributed by atoms with E-state index in [0.717, 1.165) is 12.4 Å². The highest BCUT2D eigenvalue weighted by Gasteiger charge is 2.19. The third-order valence-electron chi connectivity index (χ3n) is 4.28. The van der Waals surface area contributed by atoms with Crippen molar-refractivity contribution in [3.05, 3.63) is 53.5 Å². The molecule has 0 radical (unpaired) electrons. The lowest BCUT2D eigenvalue weighted by Gasteiger charge is -2.26. The van der Waals surface area contributed by atoms with Gasteiger partial charge in [0.2, 0.25) is 5.90 Å². The van der Waals surface area contributed by atoms with Gasteiger partial charge in [-0.1, -0.05) is 6.07 Å². The molecule has 3 rings (SSSR count). The van der Waals surface area contributed by atoms with Crippen LogP contribution in [0.15, 0.2) is 41.4 Å². The molecule has 1 aliphatic heterocycles. The normalized spacial score (nSPS) is 19.9. The van der Waals surface area contributed by atoms with Crippen molar-refractivity contribution in [3.8, 4) is 5.75 Å². The van der Waals surface area contributed by atoms with Crippen LogP contribution in [-0.2, 0) is 0 Å². The number of nitrogens with zero attached hydrogens (tertiary/aromatic N) is 3. The quantitative estimate of drug-likeness (QED) is 0.527. The SMILES string of the molecule is CC1CCCOc2ccc(F)cc2/C(O)=N/c2cccc(n2)C(=N)N1C=N. The summed E-state index contributed by atoms with van der Waals surface area (Å²) in [7, 11) is 0. The molecule has 1 atom stereocenters. The number of amidine groups is 1. The summed E-state index contributed by atoms with van der Waals surface area (Å²) in [5, 5.41) is 26.4. The van der Waals surface area contributed by atoms with Crippen molar-refractivity contribution < 1.29 is 14.2 Å². The molecule has 1 unspecified atom stereocenters. The van der Waals surface area contributed by atoms with Crippen LogP contribution < -0.4 is 4.74 Å². The first-order valence-corrected chi connectivity index (χ1v) is 8.55. The van der Waals surface area contributed by atoms with E-state index in [9.17, 15) is 9.50 Å². The van der Waals surface area contributed by atoms with E-state index >= 15 is 0 Å². The molecule has 1 aromatic carbocycles. The number of ether oxygens (including phenoxy) is 1. The molecule has 7 nitrogen and oxygen atoms in total. The molecule has 0 amide bonds. The average molecular weight is 369 g/mol. The standard InChI is InChI=1S/C19H20FN5O2/c1-12-4-3-9-27-16-8-7-13(20)10-14(16)19(26)24-17-6-2-5-15(23-17)18(22)25(12)11-21/h2,5-8,10-12,21-22H,3-4,9H2,1H3,(H,23,24,26). The summed E-state index contributed by atoms with van der Waals surface area (Å²) in [5.41, 5.74) is 0.468. The summed E-state index contributed by atoms with van der Waals surface area (Å²) in [5.74, 6) is -0.373. The lowest BCUT2D eigenvalue weighted by Crippen LogP contribution is -2.38. The van der Waals surface area contributed by atoms with E-state index in [1.165, 1.54) is 17.0 Å². The van der Waals surface area contributed by atoms with Gasteiger partial charge >= 0.3 is 0 Å². The number of rotatable bonds is 1. The van der Waals surface area contributed by atoms with Crippen molar-refractivity contribution in [1.82, 2.24) is 9.88 Å². The van der Waals surface area contributed by atoms with Crippen molar-refractivity contribution in [2.24, 2.45) is 4.99 Å². The summed E-state index contributed by atoms with van der Waals surface area (Å²) in [4.78, 5) is 9.83. The zero-order chi connectivity index (χ0) is 19.4. The Morgan fingerprint density at radius 2 is 2.15 bits per heavy atom. The van der Waals surface area contributed by atoms with Crippen LogP contribution in [0.5, 0.6) is 5.75 Å². The minimum atomic E-state index is -0.515. The summed E-state index contributed by atoms with van der Waals surface area (Å²) >= 11 is 0. The highest BCUT2D eigenvalue weighted by atomic mass is 19.1. The van der Waals surface area contributed by atoms with E-state index in [2.05, 4.69) is 9.98 Å². The lowest BCUT2D eigenvalue weighted by molar-refractivity contribution is 0.289. The van der Waals surface area contributed by atoms with Gasteiger partial charge in [-0.05, 0) is 50.1 Å². The number of pyridine rings is 1. The monoisotopic (exact) mass is 369 g/mol. The zero-order valence-corrected chi connectivity index (χ0v) is 14.8. The van der Waals surface area contributed by atoms with Crippen molar-refractivity contribution >= 4 is 23.9 Å². The van der Waals surface area contributed by atoms with Crippen LogP contribution >= 0.6 is 0 Å². The van der Waals surface area contributed by atoms with Crippen molar-refractivity contribution in [3.63, 3.8) is 0 Å². The number of halogens is 1. The molecule has 0 fully saturated rings. The van der Waals surface area contributed by atoms with Crippen LogP contribution in [0, 0.1) is 16.6 Å². The van der Waals surface area contributed by atoms with E-state index in [1.54, 1.807) is 18.2 Å². The molecule has 8 heteroatoms. The maximum absolute atomic E-state index is 13.7. The van der Waals surface area contributed by atoms with E-state index in [4.69, 9.17) is 15.6 Å². The first-order chi connectivity index (χ1) is 13.0. The van der Waals surface area contributed by atoms with Crippen LogP contribution in [0.1, 0.15) is 31.0 Å². The summed E-state index contributed by atoms with van der Waals surface area (Å²) < 4.78 is 19.4. The number of benzene rings is 1. The van der Waals surface area contributed by atoms with Gasteiger partial charge in [-0.2, -0.15) is 4.99 Å². The van der Waals surface area contributed by atoms with E-state index < -0.39 is 11.7 Å². The molecule has 2 aromatic rings. The fraction of sp³-hybridized carbons (Fsp3) is 0.263. The molecule has 0 aliphatic carbocycles. The van der Waals surface area contributed by atoms with Gasteiger partial charge in [-0.3, -0.25) is 10.8 Å². The van der Waals surface area contributed by atoms with Gasteiger partial charge in [0, 0.05) is 6.04 Å². The Morgan fingerprint density at radius 1 is 1.33 bits per heavy atom. The predicted molar refractivity (Wildman–Crippen MR) is 101 cm³/mol. The van der Waals surface area contributed by atoms with Crippen molar-refractivity contribution in [1.29, 1.82) is 10.8 Å². The Bertz CT molecular complexity index is 899. The highest BCUT2D eigenvalue weighted by molar-refractivity contribution is 6.01. The minimum absolute atomic E-state index is 0.0680. The second kappa shape index (κ2) is 7.94. The first kappa shape index (κ1) is 18.5. The molecule has 0 spiro atoms. The number of aliphatic hydroxyl groups excluding tert-OH is 1. The van der Waals surface area contributed by atoms with Gasteiger partial charge in [0.25, 0.3) is 0 Å². The van der Waals surface area contributed by atoms with E-state index in [-0.39, 0.29) is 23.3 Å². The fourth-order valence-electron chi connectivity index (χ4n) is 2.83. The van der Waals surface area contributed by atoms with Gasteiger partial charge in [-0.15, -0.1) is 0 Å². The van der Waals surface area contributed by atoms with Gasteiger partial charge in [0.05, 0.1) is 18.5 Å². The number of hydrogen-bond donors (Lipinski definition) is 3. The fourth-order valence-corrected chi connectivity index (χ4v) is 2.83. The molecule has 1 aromatic heterocycles. The Balaban J connectivity index is 2.09. The summed E-state index contributed by atoms with van der Waals surface area (Å²) in [6.07, 6.45) is 2.43. The van der Waals surface area contributed by atoms with Crippen LogP contribution in [0.25, 0.3) is 0 Å². The first-order valence-electron chi connectivity index (χ1n) is 8.55. The second-order valence-corrected chi connectivity index (χ2v) is 6.18. The highest BCUT2D eigenvalue weighted by Crippen LogP contribution is 2.23. The number of aliphatic imine (C=N–C) groups is 1. The molecular formula is C19H20FN5O2. The Morgan fingerprint density at radius 3 is 2.93 bits per heavy atom. The van der Waals surface area contributed by atoms with Crippen molar-refractivity contribution in [2.75, 3.05) is 6.61 Å². The minimum Gasteiger partial charge on any atom is -0.493 e. The molecule has 2 bridgehead atoms. The van der Waals surface area contributed by atoms with Gasteiger partial charge in [0.15, 0.2) is 11.7 Å².